The van der Waals surface area contributed by atoms with Gasteiger partial charge in [-0.05, 0) is 18.6 Å². The lowest BCUT2D eigenvalue weighted by atomic mass is 10.2. The number of nitrogens with zero attached hydrogens (tertiary/aromatic N) is 1. The van der Waals surface area contributed by atoms with Gasteiger partial charge >= 0.3 is 5.97 Å². The molecular formula is C14H11F3N2O2. The Morgan fingerprint density at radius 3 is 2.43 bits per heavy atom. The quantitative estimate of drug-likeness (QED) is 0.848. The van der Waals surface area contributed by atoms with Crippen molar-refractivity contribution in [3.05, 3.63) is 53.0 Å². The Hall–Kier alpha value is -2.57. The average Bonchev–Trinajstić information content (AvgIpc) is 2.44. The van der Waals surface area contributed by atoms with Crippen LogP contribution in [0.25, 0.3) is 0 Å². The van der Waals surface area contributed by atoms with Crippen LogP contribution in [0.4, 0.5) is 24.7 Å². The van der Waals surface area contributed by atoms with E-state index in [9.17, 15) is 18.0 Å². The molecule has 0 fully saturated rings. The van der Waals surface area contributed by atoms with Gasteiger partial charge in [0.1, 0.15) is 11.6 Å². The molecule has 2 N–H and O–H groups in total. The number of rotatable bonds is 4. The third kappa shape index (κ3) is 3.31. The molecule has 0 saturated heterocycles. The predicted octanol–water partition coefficient (Wildman–Crippen LogP) is 3.50. The maximum absolute atomic E-state index is 13.5. The van der Waals surface area contributed by atoms with E-state index >= 15 is 0 Å². The van der Waals surface area contributed by atoms with Gasteiger partial charge in [-0.15, -0.1) is 0 Å². The molecule has 1 aromatic heterocycles. The van der Waals surface area contributed by atoms with Crippen LogP contribution in [0.15, 0.2) is 24.3 Å². The number of pyridine rings is 1. The van der Waals surface area contributed by atoms with Crippen molar-refractivity contribution < 1.29 is 23.1 Å². The fourth-order valence-electron chi connectivity index (χ4n) is 1.71. The molecular weight excluding hydrogens is 285 g/mol. The van der Waals surface area contributed by atoms with E-state index in [0.29, 0.717) is 24.2 Å². The zero-order chi connectivity index (χ0) is 15.6. The summed E-state index contributed by atoms with van der Waals surface area (Å²) >= 11 is 0. The van der Waals surface area contributed by atoms with Crippen molar-refractivity contribution in [1.29, 1.82) is 0 Å². The molecule has 0 aliphatic heterocycles. The molecule has 0 bridgehead atoms. The molecule has 4 nitrogen and oxygen atoms in total. The molecule has 0 spiro atoms. The third-order valence-electron chi connectivity index (χ3n) is 2.76. The molecule has 1 heterocycles. The number of aryl methyl sites for hydroxylation is 1. The minimum absolute atomic E-state index is 0.0349. The van der Waals surface area contributed by atoms with Crippen LogP contribution in [0.5, 0.6) is 0 Å². The van der Waals surface area contributed by atoms with Crippen molar-refractivity contribution in [3.63, 3.8) is 0 Å². The van der Waals surface area contributed by atoms with Gasteiger partial charge in [0.2, 0.25) is 0 Å². The highest BCUT2D eigenvalue weighted by atomic mass is 19.2. The maximum atomic E-state index is 13.5. The molecule has 0 amide bonds. The summed E-state index contributed by atoms with van der Waals surface area (Å²) in [5, 5.41) is 11.4. The van der Waals surface area contributed by atoms with Gasteiger partial charge in [-0.25, -0.2) is 22.9 Å². The van der Waals surface area contributed by atoms with E-state index in [2.05, 4.69) is 10.3 Å². The van der Waals surface area contributed by atoms with Crippen LogP contribution in [0, 0.1) is 17.5 Å². The number of benzene rings is 1. The Morgan fingerprint density at radius 1 is 1.14 bits per heavy atom. The highest BCUT2D eigenvalue weighted by Gasteiger charge is 2.12. The molecule has 21 heavy (non-hydrogen) atoms. The fourth-order valence-corrected chi connectivity index (χ4v) is 1.71. The standard InChI is InChI=1S/C14H11F3N2O2/c1-2-8-3-7(14(20)21)4-13(18-8)19-12-6-10(16)9(15)5-11(12)17/h3-6H,2H2,1H3,(H,18,19)(H,20,21). The number of aromatic nitrogens is 1. The molecule has 1 aromatic carbocycles. The minimum Gasteiger partial charge on any atom is -0.478 e. The Kier molecular flexibility index (Phi) is 4.11. The Bertz CT molecular complexity index is 705. The Balaban J connectivity index is 2.41. The van der Waals surface area contributed by atoms with Gasteiger partial charge in [-0.3, -0.25) is 0 Å². The van der Waals surface area contributed by atoms with E-state index in [-0.39, 0.29) is 17.1 Å². The maximum Gasteiger partial charge on any atom is 0.335 e. The van der Waals surface area contributed by atoms with Crippen LogP contribution in [-0.2, 0) is 6.42 Å². The number of aromatic carboxylic acids is 1. The topological polar surface area (TPSA) is 62.2 Å². The van der Waals surface area contributed by atoms with Crippen LogP contribution in [0.2, 0.25) is 0 Å². The first-order valence-corrected chi connectivity index (χ1v) is 6.06. The number of carbonyl (C=O) groups is 1. The SMILES string of the molecule is CCc1cc(C(=O)O)cc(Nc2cc(F)c(F)cc2F)n1. The number of carboxylic acid groups (broad SMARTS) is 1. The fraction of sp³-hybridized carbons (Fsp3) is 0.143. The number of carboxylic acids is 1. The third-order valence-corrected chi connectivity index (χ3v) is 2.76. The molecule has 0 unspecified atom stereocenters. The molecule has 7 heteroatoms. The molecule has 0 aliphatic carbocycles. The lowest BCUT2D eigenvalue weighted by molar-refractivity contribution is 0.0696. The number of hydrogen-bond acceptors (Lipinski definition) is 3. The van der Waals surface area contributed by atoms with E-state index in [1.807, 2.05) is 0 Å². The van der Waals surface area contributed by atoms with Gasteiger partial charge in [0, 0.05) is 17.8 Å². The second-order valence-corrected chi connectivity index (χ2v) is 4.26. The van der Waals surface area contributed by atoms with E-state index in [4.69, 9.17) is 5.11 Å². The first kappa shape index (κ1) is 14.8. The molecule has 110 valence electrons. The van der Waals surface area contributed by atoms with Crippen molar-refractivity contribution in [3.8, 4) is 0 Å². The van der Waals surface area contributed by atoms with Gasteiger partial charge in [0.25, 0.3) is 0 Å². The smallest absolute Gasteiger partial charge is 0.335 e. The van der Waals surface area contributed by atoms with Gasteiger partial charge in [0.15, 0.2) is 11.6 Å². The van der Waals surface area contributed by atoms with E-state index in [1.54, 1.807) is 6.92 Å². The van der Waals surface area contributed by atoms with Gasteiger partial charge in [-0.2, -0.15) is 0 Å². The highest BCUT2D eigenvalue weighted by Crippen LogP contribution is 2.23. The van der Waals surface area contributed by atoms with Crippen molar-refractivity contribution >= 4 is 17.5 Å². The van der Waals surface area contributed by atoms with Crippen molar-refractivity contribution in [2.75, 3.05) is 5.32 Å². The molecule has 0 saturated carbocycles. The highest BCUT2D eigenvalue weighted by molar-refractivity contribution is 5.88. The first-order chi connectivity index (χ1) is 9.90. The summed E-state index contributed by atoms with van der Waals surface area (Å²) in [6, 6.07) is 3.61. The average molecular weight is 296 g/mol. The summed E-state index contributed by atoms with van der Waals surface area (Å²) in [6.45, 7) is 1.77. The Labute approximate surface area is 118 Å². The summed E-state index contributed by atoms with van der Waals surface area (Å²) in [5.41, 5.74) is 0.110. The molecule has 2 aromatic rings. The zero-order valence-electron chi connectivity index (χ0n) is 11.0. The van der Waals surface area contributed by atoms with Crippen molar-refractivity contribution in [1.82, 2.24) is 4.98 Å². The van der Waals surface area contributed by atoms with E-state index in [0.717, 1.165) is 0 Å². The van der Waals surface area contributed by atoms with E-state index < -0.39 is 23.4 Å². The van der Waals surface area contributed by atoms with Crippen molar-refractivity contribution in [2.45, 2.75) is 13.3 Å². The van der Waals surface area contributed by atoms with Crippen LogP contribution in [0.3, 0.4) is 0 Å². The normalized spacial score (nSPS) is 10.5. The van der Waals surface area contributed by atoms with Crippen LogP contribution < -0.4 is 5.32 Å². The van der Waals surface area contributed by atoms with Gasteiger partial charge < -0.3 is 10.4 Å². The number of nitrogens with one attached hydrogen (secondary N) is 1. The predicted molar refractivity (Wildman–Crippen MR) is 70.2 cm³/mol. The monoisotopic (exact) mass is 296 g/mol. The summed E-state index contributed by atoms with van der Waals surface area (Å²) in [4.78, 5) is 15.1. The second kappa shape index (κ2) is 5.82. The summed E-state index contributed by atoms with van der Waals surface area (Å²) in [6.07, 6.45) is 0.468. The molecule has 2 rings (SSSR count). The largest absolute Gasteiger partial charge is 0.478 e. The number of hydrogen-bond donors (Lipinski definition) is 2. The lowest BCUT2D eigenvalue weighted by Gasteiger charge is -2.10. The van der Waals surface area contributed by atoms with Gasteiger partial charge in [0.05, 0.1) is 11.3 Å². The van der Waals surface area contributed by atoms with Crippen LogP contribution in [0.1, 0.15) is 23.0 Å². The van der Waals surface area contributed by atoms with Gasteiger partial charge in [-0.1, -0.05) is 6.92 Å². The van der Waals surface area contributed by atoms with Crippen LogP contribution in [-0.4, -0.2) is 16.1 Å². The number of halogens is 3. The van der Waals surface area contributed by atoms with Crippen molar-refractivity contribution in [2.24, 2.45) is 0 Å². The lowest BCUT2D eigenvalue weighted by Crippen LogP contribution is -2.04. The summed E-state index contributed by atoms with van der Waals surface area (Å²) < 4.78 is 39.5. The first-order valence-electron chi connectivity index (χ1n) is 6.06. The summed E-state index contributed by atoms with van der Waals surface area (Å²) in [5.74, 6) is -4.66. The second-order valence-electron chi connectivity index (χ2n) is 4.26. The van der Waals surface area contributed by atoms with Crippen LogP contribution >= 0.6 is 0 Å². The number of anilines is 2. The summed E-state index contributed by atoms with van der Waals surface area (Å²) in [7, 11) is 0. The zero-order valence-corrected chi connectivity index (χ0v) is 11.0. The molecule has 0 aliphatic rings. The Morgan fingerprint density at radius 2 is 1.81 bits per heavy atom. The van der Waals surface area contributed by atoms with E-state index in [1.165, 1.54) is 12.1 Å². The molecule has 0 atom stereocenters. The minimum atomic E-state index is -1.31. The molecule has 0 radical (unpaired) electrons.